The van der Waals surface area contributed by atoms with E-state index in [-0.39, 0.29) is 24.2 Å². The molecule has 2 aromatic heterocycles. The lowest BCUT2D eigenvalue weighted by atomic mass is 10.1. The minimum atomic E-state index is -0.291. The Hall–Kier alpha value is -3.80. The van der Waals surface area contributed by atoms with Crippen molar-refractivity contribution in [2.24, 2.45) is 0 Å². The fourth-order valence-corrected chi connectivity index (χ4v) is 3.56. The van der Waals surface area contributed by atoms with Crippen molar-refractivity contribution < 1.29 is 14.1 Å². The van der Waals surface area contributed by atoms with E-state index in [9.17, 15) is 4.79 Å². The van der Waals surface area contributed by atoms with Gasteiger partial charge in [0.2, 0.25) is 0 Å². The average Bonchev–Trinajstić information content (AvgIpc) is 3.45. The third kappa shape index (κ3) is 4.59. The number of hydrogen-bond acceptors (Lipinski definition) is 4. The van der Waals surface area contributed by atoms with E-state index in [4.69, 9.17) is 9.26 Å². The Morgan fingerprint density at radius 3 is 2.66 bits per heavy atom. The molecule has 6 nitrogen and oxygen atoms in total. The molecule has 1 amide bonds. The van der Waals surface area contributed by atoms with Gasteiger partial charge in [-0.2, -0.15) is 0 Å². The van der Waals surface area contributed by atoms with Crippen molar-refractivity contribution in [3.63, 3.8) is 0 Å². The number of aromatic nitrogens is 2. The van der Waals surface area contributed by atoms with E-state index in [1.165, 1.54) is 0 Å². The molecule has 4 aromatic rings. The van der Waals surface area contributed by atoms with Gasteiger partial charge in [-0.15, -0.1) is 0 Å². The highest BCUT2D eigenvalue weighted by Crippen LogP contribution is 2.23. The predicted octanol–water partition coefficient (Wildman–Crippen LogP) is 5.46. The zero-order chi connectivity index (χ0) is 22.7. The van der Waals surface area contributed by atoms with Crippen LogP contribution in [-0.4, -0.2) is 15.6 Å². The van der Waals surface area contributed by atoms with Gasteiger partial charge in [-0.1, -0.05) is 29.4 Å². The second kappa shape index (κ2) is 9.14. The monoisotopic (exact) mass is 429 g/mol. The first-order valence-corrected chi connectivity index (χ1v) is 10.6. The Morgan fingerprint density at radius 2 is 1.88 bits per heavy atom. The third-order valence-corrected chi connectivity index (χ3v) is 5.54. The molecule has 164 valence electrons. The van der Waals surface area contributed by atoms with E-state index in [1.54, 1.807) is 6.92 Å². The summed E-state index contributed by atoms with van der Waals surface area (Å²) in [5.74, 6) is 1.06. The molecule has 0 fully saturated rings. The molecule has 0 radical (unpaired) electrons. The summed E-state index contributed by atoms with van der Waals surface area (Å²) in [5.41, 5.74) is 5.08. The molecule has 0 aliphatic heterocycles. The topological polar surface area (TPSA) is 69.3 Å². The van der Waals surface area contributed by atoms with Crippen molar-refractivity contribution >= 4 is 5.91 Å². The van der Waals surface area contributed by atoms with E-state index in [0.717, 1.165) is 28.1 Å². The molecule has 0 aliphatic rings. The summed E-state index contributed by atoms with van der Waals surface area (Å²) in [6.07, 6.45) is 3.98. The summed E-state index contributed by atoms with van der Waals surface area (Å²) < 4.78 is 13.3. The van der Waals surface area contributed by atoms with Gasteiger partial charge in [-0.05, 0) is 74.7 Å². The first-order valence-electron chi connectivity index (χ1n) is 10.6. The van der Waals surface area contributed by atoms with Crippen LogP contribution < -0.4 is 10.1 Å². The number of benzene rings is 2. The van der Waals surface area contributed by atoms with Crippen LogP contribution in [0.3, 0.4) is 0 Å². The van der Waals surface area contributed by atoms with Crippen LogP contribution in [0.4, 0.5) is 0 Å². The average molecular weight is 430 g/mol. The standard InChI is InChI=1S/C26H27N3O3/c1-17-10-11-18(2)24(14-17)31-16-23-20(4)32-28-25(23)26(30)27-19(3)21-8-7-9-22(15-21)29-12-5-6-13-29/h5-15,19H,16H2,1-4H3,(H,27,30). The molecule has 0 bridgehead atoms. The van der Waals surface area contributed by atoms with Crippen LogP contribution in [0.2, 0.25) is 0 Å². The van der Waals surface area contributed by atoms with Gasteiger partial charge < -0.3 is 19.1 Å². The van der Waals surface area contributed by atoms with Crippen LogP contribution in [-0.2, 0) is 6.61 Å². The third-order valence-electron chi connectivity index (χ3n) is 5.54. The van der Waals surface area contributed by atoms with Crippen LogP contribution in [0.1, 0.15) is 51.5 Å². The van der Waals surface area contributed by atoms with Gasteiger partial charge in [-0.3, -0.25) is 4.79 Å². The number of amides is 1. The Kier molecular flexibility index (Phi) is 6.12. The van der Waals surface area contributed by atoms with E-state index in [0.29, 0.717) is 11.3 Å². The zero-order valence-electron chi connectivity index (χ0n) is 18.8. The molecule has 0 saturated heterocycles. The van der Waals surface area contributed by atoms with Crippen molar-refractivity contribution in [1.29, 1.82) is 0 Å². The Morgan fingerprint density at radius 1 is 1.09 bits per heavy atom. The van der Waals surface area contributed by atoms with Crippen molar-refractivity contribution in [2.45, 2.75) is 40.3 Å². The zero-order valence-corrected chi connectivity index (χ0v) is 18.8. The second-order valence-electron chi connectivity index (χ2n) is 8.00. The van der Waals surface area contributed by atoms with Gasteiger partial charge >= 0.3 is 0 Å². The van der Waals surface area contributed by atoms with Gasteiger partial charge in [0.25, 0.3) is 5.91 Å². The molecule has 1 unspecified atom stereocenters. The largest absolute Gasteiger partial charge is 0.488 e. The number of rotatable bonds is 7. The lowest BCUT2D eigenvalue weighted by molar-refractivity contribution is 0.0928. The molecule has 0 saturated carbocycles. The fourth-order valence-electron chi connectivity index (χ4n) is 3.56. The SMILES string of the molecule is Cc1ccc(C)c(OCc2c(C(=O)NC(C)c3cccc(-n4cccc4)c3)noc2C)c1. The number of ether oxygens (including phenoxy) is 1. The van der Waals surface area contributed by atoms with E-state index in [1.807, 2.05) is 86.3 Å². The molecule has 0 aliphatic carbocycles. The number of nitrogens with zero attached hydrogens (tertiary/aromatic N) is 2. The maximum Gasteiger partial charge on any atom is 0.274 e. The van der Waals surface area contributed by atoms with E-state index < -0.39 is 0 Å². The first kappa shape index (κ1) is 21.4. The molecule has 4 rings (SSSR count). The fraction of sp³-hybridized carbons (Fsp3) is 0.231. The molecular weight excluding hydrogens is 402 g/mol. The summed E-state index contributed by atoms with van der Waals surface area (Å²) in [6.45, 7) is 7.95. The second-order valence-corrected chi connectivity index (χ2v) is 8.00. The number of carbonyl (C=O) groups excluding carboxylic acids is 1. The molecule has 2 heterocycles. The van der Waals surface area contributed by atoms with E-state index >= 15 is 0 Å². The summed E-state index contributed by atoms with van der Waals surface area (Å²) in [4.78, 5) is 13.0. The van der Waals surface area contributed by atoms with Crippen LogP contribution in [0.15, 0.2) is 71.5 Å². The molecule has 32 heavy (non-hydrogen) atoms. The molecule has 1 N–H and O–H groups in total. The van der Waals surface area contributed by atoms with Gasteiger partial charge in [-0.25, -0.2) is 0 Å². The van der Waals surface area contributed by atoms with Crippen molar-refractivity contribution in [3.8, 4) is 11.4 Å². The molecular formula is C26H27N3O3. The smallest absolute Gasteiger partial charge is 0.274 e. The van der Waals surface area contributed by atoms with Crippen molar-refractivity contribution in [3.05, 3.63) is 101 Å². The van der Waals surface area contributed by atoms with Crippen LogP contribution >= 0.6 is 0 Å². The lowest BCUT2D eigenvalue weighted by Crippen LogP contribution is -2.28. The normalized spacial score (nSPS) is 11.9. The van der Waals surface area contributed by atoms with Gasteiger partial charge in [0, 0.05) is 18.1 Å². The number of nitrogens with one attached hydrogen (secondary N) is 1. The highest BCUT2D eigenvalue weighted by molar-refractivity contribution is 5.94. The maximum absolute atomic E-state index is 13.0. The number of carbonyl (C=O) groups is 1. The van der Waals surface area contributed by atoms with Gasteiger partial charge in [0.15, 0.2) is 5.69 Å². The first-order chi connectivity index (χ1) is 15.4. The highest BCUT2D eigenvalue weighted by Gasteiger charge is 2.22. The van der Waals surface area contributed by atoms with Crippen molar-refractivity contribution in [2.75, 3.05) is 0 Å². The Labute approximate surface area is 187 Å². The molecule has 0 spiro atoms. The summed E-state index contributed by atoms with van der Waals surface area (Å²) in [6, 6.07) is 17.9. The summed E-state index contributed by atoms with van der Waals surface area (Å²) >= 11 is 0. The minimum Gasteiger partial charge on any atom is -0.488 e. The molecule has 2 aromatic carbocycles. The molecule has 1 atom stereocenters. The highest BCUT2D eigenvalue weighted by atomic mass is 16.5. The lowest BCUT2D eigenvalue weighted by Gasteiger charge is -2.16. The Balaban J connectivity index is 1.48. The van der Waals surface area contributed by atoms with Crippen LogP contribution in [0, 0.1) is 20.8 Å². The number of hydrogen-bond donors (Lipinski definition) is 1. The summed E-state index contributed by atoms with van der Waals surface area (Å²) in [7, 11) is 0. The number of aryl methyl sites for hydroxylation is 3. The Bertz CT molecular complexity index is 1230. The quantitative estimate of drug-likeness (QED) is 0.423. The predicted molar refractivity (Wildman–Crippen MR) is 123 cm³/mol. The maximum atomic E-state index is 13.0. The summed E-state index contributed by atoms with van der Waals surface area (Å²) in [5, 5.41) is 7.03. The van der Waals surface area contributed by atoms with Crippen LogP contribution in [0.5, 0.6) is 5.75 Å². The molecule has 6 heteroatoms. The van der Waals surface area contributed by atoms with Crippen LogP contribution in [0.25, 0.3) is 5.69 Å². The van der Waals surface area contributed by atoms with Crippen molar-refractivity contribution in [1.82, 2.24) is 15.0 Å². The van der Waals surface area contributed by atoms with Gasteiger partial charge in [0.05, 0.1) is 11.6 Å². The van der Waals surface area contributed by atoms with Gasteiger partial charge in [0.1, 0.15) is 18.1 Å². The minimum absolute atomic E-state index is 0.206. The van der Waals surface area contributed by atoms with E-state index in [2.05, 4.69) is 16.5 Å².